The van der Waals surface area contributed by atoms with Crippen molar-refractivity contribution in [2.75, 3.05) is 0 Å². The second kappa shape index (κ2) is 13.2. The smallest absolute Gasteiger partial charge is 0.169 e. The Hall–Kier alpha value is -4.96. The van der Waals surface area contributed by atoms with E-state index in [-0.39, 0.29) is 43.3 Å². The summed E-state index contributed by atoms with van der Waals surface area (Å²) in [5.74, 6) is 0.744. The topological polar surface area (TPSA) is 43.0 Å². The lowest BCUT2D eigenvalue weighted by Gasteiger charge is -2.38. The first-order chi connectivity index (χ1) is 32.4. The molecule has 4 aromatic heterocycles. The fraction of sp³-hybridized carbons (Fsp3) is 0.515. The van der Waals surface area contributed by atoms with Gasteiger partial charge in [0.15, 0.2) is 11.6 Å². The van der Waals surface area contributed by atoms with E-state index in [2.05, 4.69) is 168 Å². The van der Waals surface area contributed by atoms with Crippen LogP contribution < -0.4 is 0 Å². The Morgan fingerprint density at radius 1 is 0.386 bits per heavy atom. The first-order valence-corrected chi connectivity index (χ1v) is 27.1. The molecule has 6 aliphatic carbocycles. The van der Waals surface area contributed by atoms with Crippen LogP contribution in [0.25, 0.3) is 76.2 Å². The zero-order chi connectivity index (χ0) is 49.7. The van der Waals surface area contributed by atoms with Gasteiger partial charge in [-0.05, 0) is 179 Å². The Labute approximate surface area is 415 Å². The average Bonchev–Trinajstić information content (AvgIpc) is 3.93. The number of nitrogens with zero attached hydrogens (tertiary/aromatic N) is 2. The fourth-order valence-electron chi connectivity index (χ4n) is 15.1. The Kier molecular flexibility index (Phi) is 8.45. The molecule has 0 aliphatic heterocycles. The Morgan fingerprint density at radius 2 is 0.671 bits per heavy atom. The van der Waals surface area contributed by atoms with E-state index >= 15 is 9.59 Å². The van der Waals surface area contributed by atoms with Crippen LogP contribution in [0, 0.1) is 21.7 Å². The Balaban J connectivity index is 1.26. The standard InChI is InChI=1S/C66H76N2O2/c1-59(2,3)33-45-51-47(63(13)17-21-65(15,22-18-63)57(51)69)29-43-41-27-35(61(7,8)9)25-39-37-32-50-38(31-49(37)67(53(39)41)55(43)45)40-26-36(62(10,11)12)28-42-44-30-48-52(58(70)66(16)23-19-64(48,14)20-24-66)46(34-60(4,5)6)56(44)68(50)54(40)42/h25-32H,17-24,33-34H2,1-16H3. The molecule has 2 fully saturated rings. The second-order valence-electron chi connectivity index (χ2n) is 29.6. The summed E-state index contributed by atoms with van der Waals surface area (Å²) in [5, 5.41) is 10.3. The predicted molar refractivity (Wildman–Crippen MR) is 296 cm³/mol. The Morgan fingerprint density at radius 3 is 0.971 bits per heavy atom. The number of hydrogen-bond acceptors (Lipinski definition) is 2. The summed E-state index contributed by atoms with van der Waals surface area (Å²) in [6, 6.07) is 20.1. The van der Waals surface area contributed by atoms with Crippen LogP contribution >= 0.6 is 0 Å². The lowest BCUT2D eigenvalue weighted by atomic mass is 9.65. The molecule has 0 unspecified atom stereocenters. The van der Waals surface area contributed by atoms with Crippen LogP contribution in [0.15, 0.2) is 48.5 Å². The Bertz CT molecular complexity index is 3580. The van der Waals surface area contributed by atoms with E-state index in [0.29, 0.717) is 11.6 Å². The predicted octanol–water partition coefficient (Wildman–Crippen LogP) is 17.8. The normalized spacial score (nSPS) is 25.7. The molecule has 9 aromatic rings. The molecule has 70 heavy (non-hydrogen) atoms. The van der Waals surface area contributed by atoms with Gasteiger partial charge in [0.25, 0.3) is 0 Å². The quantitative estimate of drug-likeness (QED) is 0.173. The van der Waals surface area contributed by atoms with Gasteiger partial charge in [0, 0.05) is 65.0 Å². The maximum Gasteiger partial charge on any atom is 0.169 e. The van der Waals surface area contributed by atoms with Crippen molar-refractivity contribution in [3.63, 3.8) is 0 Å². The van der Waals surface area contributed by atoms with Crippen LogP contribution in [-0.2, 0) is 34.5 Å². The van der Waals surface area contributed by atoms with E-state index < -0.39 is 0 Å². The van der Waals surface area contributed by atoms with Gasteiger partial charge in [0.2, 0.25) is 0 Å². The minimum Gasteiger partial charge on any atom is -0.308 e. The molecule has 0 atom stereocenters. The third-order valence-corrected chi connectivity index (χ3v) is 19.6. The van der Waals surface area contributed by atoms with Gasteiger partial charge in [-0.1, -0.05) is 111 Å². The molecular weight excluding hydrogens is 853 g/mol. The number of benzene rings is 5. The number of Topliss-reactive ketones (excluding diaryl/α,β-unsaturated/α-hetero) is 2. The molecule has 4 heteroatoms. The highest BCUT2D eigenvalue weighted by molar-refractivity contribution is 6.30. The molecule has 5 aromatic carbocycles. The van der Waals surface area contributed by atoms with Gasteiger partial charge in [-0.2, -0.15) is 0 Å². The van der Waals surface area contributed by atoms with Gasteiger partial charge in [0.1, 0.15) is 0 Å². The van der Waals surface area contributed by atoms with Crippen molar-refractivity contribution in [1.82, 2.24) is 8.80 Å². The van der Waals surface area contributed by atoms with Gasteiger partial charge >= 0.3 is 0 Å². The van der Waals surface area contributed by atoms with E-state index in [1.165, 1.54) is 110 Å². The molecule has 2 saturated carbocycles. The molecule has 362 valence electrons. The van der Waals surface area contributed by atoms with Gasteiger partial charge < -0.3 is 8.80 Å². The summed E-state index contributed by atoms with van der Waals surface area (Å²) >= 11 is 0. The number of ketones is 2. The lowest BCUT2D eigenvalue weighted by molar-refractivity contribution is 0.0725. The summed E-state index contributed by atoms with van der Waals surface area (Å²) in [6.45, 7) is 37.7. The summed E-state index contributed by atoms with van der Waals surface area (Å²) in [5.41, 5.74) is 16.3. The highest BCUT2D eigenvalue weighted by Crippen LogP contribution is 2.59. The maximum atomic E-state index is 15.4. The zero-order valence-electron chi connectivity index (χ0n) is 45.4. The van der Waals surface area contributed by atoms with Crippen LogP contribution in [-0.4, -0.2) is 20.4 Å². The third-order valence-electron chi connectivity index (χ3n) is 19.6. The molecule has 15 rings (SSSR count). The summed E-state index contributed by atoms with van der Waals surface area (Å²) in [6.07, 6.45) is 9.68. The van der Waals surface area contributed by atoms with E-state index in [4.69, 9.17) is 0 Å². The summed E-state index contributed by atoms with van der Waals surface area (Å²) < 4.78 is 5.26. The van der Waals surface area contributed by atoms with Crippen LogP contribution in [0.5, 0.6) is 0 Å². The lowest BCUT2D eigenvalue weighted by Crippen LogP contribution is -2.33. The summed E-state index contributed by atoms with van der Waals surface area (Å²) in [7, 11) is 0. The molecule has 0 amide bonds. The molecule has 0 spiro atoms. The van der Waals surface area contributed by atoms with Gasteiger partial charge in [-0.3, -0.25) is 9.59 Å². The van der Waals surface area contributed by atoms with Crippen molar-refractivity contribution in [1.29, 1.82) is 0 Å². The highest BCUT2D eigenvalue weighted by atomic mass is 16.1. The van der Waals surface area contributed by atoms with Crippen LogP contribution in [0.4, 0.5) is 0 Å². The number of aromatic nitrogens is 2. The molecule has 6 aliphatic rings. The zero-order valence-corrected chi connectivity index (χ0v) is 45.4. The van der Waals surface area contributed by atoms with Crippen molar-refractivity contribution >= 4 is 87.8 Å². The largest absolute Gasteiger partial charge is 0.308 e. The van der Waals surface area contributed by atoms with Crippen molar-refractivity contribution in [3.05, 3.63) is 93.0 Å². The molecule has 4 nitrogen and oxygen atoms in total. The number of hydrogen-bond donors (Lipinski definition) is 0. The van der Waals surface area contributed by atoms with Gasteiger partial charge in [-0.25, -0.2) is 0 Å². The van der Waals surface area contributed by atoms with E-state index in [1.54, 1.807) is 0 Å². The van der Waals surface area contributed by atoms with Gasteiger partial charge in [-0.15, -0.1) is 0 Å². The first kappa shape index (κ1) is 44.9. The van der Waals surface area contributed by atoms with E-state index in [9.17, 15) is 0 Å². The molecular formula is C66H76N2O2. The molecule has 0 N–H and O–H groups in total. The first-order valence-electron chi connectivity index (χ1n) is 27.1. The SMILES string of the molecule is CC(C)(C)Cc1c2c(cc3c4cc(C(C)(C)C)cc5c6cc7c(cc6n(c13)c54)c1cc(C(C)(C)C)cc3c4cc5c(c(CC(C)(C)C)c4n7c13)C(=O)C1(C)CCC5(C)CC1)C1(C)CCC(C)(CC1)C2=O. The van der Waals surface area contributed by atoms with E-state index in [0.717, 1.165) is 75.3 Å². The number of carbonyl (C=O) groups is 2. The summed E-state index contributed by atoms with van der Waals surface area (Å²) in [4.78, 5) is 30.9. The van der Waals surface area contributed by atoms with Crippen molar-refractivity contribution < 1.29 is 9.59 Å². The average molecular weight is 929 g/mol. The van der Waals surface area contributed by atoms with Crippen LogP contribution in [0.3, 0.4) is 0 Å². The fourth-order valence-corrected chi connectivity index (χ4v) is 15.1. The van der Waals surface area contributed by atoms with Crippen molar-refractivity contribution in [2.45, 2.75) is 197 Å². The minimum absolute atomic E-state index is 0.0346. The second-order valence-corrected chi connectivity index (χ2v) is 29.6. The minimum atomic E-state index is -0.338. The third kappa shape index (κ3) is 5.77. The van der Waals surface area contributed by atoms with E-state index in [1.807, 2.05) is 0 Å². The number of rotatable bonds is 2. The van der Waals surface area contributed by atoms with Gasteiger partial charge in [0.05, 0.1) is 33.1 Å². The van der Waals surface area contributed by atoms with Crippen LogP contribution in [0.1, 0.15) is 216 Å². The monoisotopic (exact) mass is 929 g/mol. The molecule has 0 saturated heterocycles. The highest BCUT2D eigenvalue weighted by Gasteiger charge is 2.52. The molecule has 0 radical (unpaired) electrons. The molecule has 4 heterocycles. The number of fused-ring (bicyclic) bond motifs is 16. The van der Waals surface area contributed by atoms with Crippen LogP contribution in [0.2, 0.25) is 0 Å². The van der Waals surface area contributed by atoms with Crippen molar-refractivity contribution in [3.8, 4) is 0 Å². The molecule has 4 bridgehead atoms. The number of carbonyl (C=O) groups excluding carboxylic acids is 2. The maximum absolute atomic E-state index is 15.4. The van der Waals surface area contributed by atoms with Crippen molar-refractivity contribution in [2.24, 2.45) is 21.7 Å².